The largest absolute Gasteiger partial charge is 0.456 e. The molecule has 128 valence electrons. The highest BCUT2D eigenvalue weighted by molar-refractivity contribution is 7.91. The van der Waals surface area contributed by atoms with E-state index >= 15 is 0 Å². The Bertz CT molecular complexity index is 1010. The Morgan fingerprint density at radius 1 is 0.833 bits per heavy atom. The fourth-order valence-electron chi connectivity index (χ4n) is 2.83. The van der Waals surface area contributed by atoms with Gasteiger partial charge >= 0.3 is 0 Å². The van der Waals surface area contributed by atoms with Gasteiger partial charge in [-0.15, -0.1) is 0 Å². The van der Waals surface area contributed by atoms with Crippen LogP contribution in [0.2, 0.25) is 0 Å². The highest BCUT2D eigenvalue weighted by atomic mass is 32.2. The second-order valence-corrected chi connectivity index (χ2v) is 10.0. The van der Waals surface area contributed by atoms with E-state index in [2.05, 4.69) is 0 Å². The van der Waals surface area contributed by atoms with Crippen LogP contribution in [-0.4, -0.2) is 29.3 Å². The first-order valence-corrected chi connectivity index (χ1v) is 11.3. The lowest BCUT2D eigenvalue weighted by Crippen LogP contribution is -2.04. The molecule has 0 amide bonds. The maximum absolute atomic E-state index is 12.0. The van der Waals surface area contributed by atoms with Crippen LogP contribution in [0.5, 0.6) is 11.5 Å². The van der Waals surface area contributed by atoms with E-state index < -0.39 is 19.7 Å². The smallest absolute Gasteiger partial charge is 0.179 e. The fourth-order valence-corrected chi connectivity index (χ4v) is 4.37. The van der Waals surface area contributed by atoms with E-state index in [4.69, 9.17) is 4.74 Å². The van der Waals surface area contributed by atoms with E-state index in [9.17, 15) is 16.8 Å². The molecule has 24 heavy (non-hydrogen) atoms. The summed E-state index contributed by atoms with van der Waals surface area (Å²) in [4.78, 5) is -0.185. The van der Waals surface area contributed by atoms with Gasteiger partial charge in [0, 0.05) is 12.5 Å². The first-order valence-electron chi connectivity index (χ1n) is 7.48. The van der Waals surface area contributed by atoms with Crippen molar-refractivity contribution >= 4 is 19.7 Å². The van der Waals surface area contributed by atoms with Gasteiger partial charge in [0.05, 0.1) is 4.90 Å². The minimum Gasteiger partial charge on any atom is -0.456 e. The zero-order chi connectivity index (χ0) is 17.5. The monoisotopic (exact) mass is 366 g/mol. The average molecular weight is 366 g/mol. The molecular weight excluding hydrogens is 348 g/mol. The molecular formula is C17H18O5S2. The normalized spacial score (nSPS) is 14.4. The molecule has 2 aromatic carbocycles. The average Bonchev–Trinajstić information content (AvgIpc) is 2.93. The third-order valence-electron chi connectivity index (χ3n) is 4.04. The summed E-state index contributed by atoms with van der Waals surface area (Å²) >= 11 is 0. The topological polar surface area (TPSA) is 77.5 Å². The molecule has 1 aliphatic carbocycles. The number of fused-ring (bicyclic) bond motifs is 1. The number of rotatable bonds is 4. The molecule has 1 aliphatic rings. The van der Waals surface area contributed by atoms with E-state index in [1.54, 1.807) is 6.07 Å². The number of sulfone groups is 2. The molecule has 2 aromatic rings. The van der Waals surface area contributed by atoms with Gasteiger partial charge in [-0.3, -0.25) is 0 Å². The predicted molar refractivity (Wildman–Crippen MR) is 91.2 cm³/mol. The van der Waals surface area contributed by atoms with Crippen LogP contribution in [-0.2, 0) is 32.5 Å². The Labute approximate surface area is 142 Å². The summed E-state index contributed by atoms with van der Waals surface area (Å²) in [5, 5.41) is 0. The van der Waals surface area contributed by atoms with Crippen molar-refractivity contribution in [1.82, 2.24) is 0 Å². The lowest BCUT2D eigenvalue weighted by molar-refractivity contribution is 0.466. The number of ether oxygens (including phenoxy) is 1. The SMILES string of the molecule is CS(=O)(=O)c1ccc(Oc2ccc3c(c2)CCC3)c(S(C)(=O)=O)c1. The molecule has 0 N–H and O–H groups in total. The van der Waals surface area contributed by atoms with Crippen molar-refractivity contribution in [2.45, 2.75) is 29.1 Å². The summed E-state index contributed by atoms with van der Waals surface area (Å²) in [6, 6.07) is 9.60. The first-order chi connectivity index (χ1) is 11.1. The van der Waals surface area contributed by atoms with E-state index in [-0.39, 0.29) is 15.5 Å². The maximum Gasteiger partial charge on any atom is 0.179 e. The Morgan fingerprint density at radius 2 is 1.54 bits per heavy atom. The van der Waals surface area contributed by atoms with Crippen molar-refractivity contribution in [2.75, 3.05) is 12.5 Å². The predicted octanol–water partition coefficient (Wildman–Crippen LogP) is 2.77. The van der Waals surface area contributed by atoms with Gasteiger partial charge in [0.2, 0.25) is 0 Å². The summed E-state index contributed by atoms with van der Waals surface area (Å²) in [6.07, 6.45) is 5.21. The van der Waals surface area contributed by atoms with Gasteiger partial charge < -0.3 is 4.74 Å². The third-order valence-corrected chi connectivity index (χ3v) is 6.27. The summed E-state index contributed by atoms with van der Waals surface area (Å²) in [5.41, 5.74) is 2.50. The van der Waals surface area contributed by atoms with Crippen LogP contribution in [0, 0.1) is 0 Å². The van der Waals surface area contributed by atoms with Crippen molar-refractivity contribution < 1.29 is 21.6 Å². The van der Waals surface area contributed by atoms with Crippen LogP contribution < -0.4 is 4.74 Å². The number of aryl methyl sites for hydroxylation is 2. The van der Waals surface area contributed by atoms with E-state index in [0.29, 0.717) is 5.75 Å². The number of hydrogen-bond donors (Lipinski definition) is 0. The Hall–Kier alpha value is -1.86. The highest BCUT2D eigenvalue weighted by Crippen LogP contribution is 2.33. The molecule has 0 aliphatic heterocycles. The molecule has 0 spiro atoms. The molecule has 0 fully saturated rings. The molecule has 0 unspecified atom stereocenters. The molecule has 7 heteroatoms. The zero-order valence-corrected chi connectivity index (χ0v) is 15.1. The lowest BCUT2D eigenvalue weighted by Gasteiger charge is -2.12. The summed E-state index contributed by atoms with van der Waals surface area (Å²) in [7, 11) is -7.14. The number of hydrogen-bond acceptors (Lipinski definition) is 5. The van der Waals surface area contributed by atoms with Gasteiger partial charge in [-0.05, 0) is 60.7 Å². The molecule has 0 radical (unpaired) electrons. The van der Waals surface area contributed by atoms with Gasteiger partial charge in [-0.1, -0.05) is 6.07 Å². The zero-order valence-electron chi connectivity index (χ0n) is 13.4. The van der Waals surface area contributed by atoms with Gasteiger partial charge in [0.25, 0.3) is 0 Å². The van der Waals surface area contributed by atoms with Crippen LogP contribution in [0.1, 0.15) is 17.5 Å². The summed E-state index contributed by atoms with van der Waals surface area (Å²) < 4.78 is 53.2. The Balaban J connectivity index is 2.04. The molecule has 0 heterocycles. The lowest BCUT2D eigenvalue weighted by atomic mass is 10.1. The van der Waals surface area contributed by atoms with Crippen molar-refractivity contribution in [1.29, 1.82) is 0 Å². The van der Waals surface area contributed by atoms with Gasteiger partial charge in [-0.25, -0.2) is 16.8 Å². The van der Waals surface area contributed by atoms with Gasteiger partial charge in [0.1, 0.15) is 16.4 Å². The fraction of sp³-hybridized carbons (Fsp3) is 0.294. The molecule has 0 saturated heterocycles. The Morgan fingerprint density at radius 3 is 2.21 bits per heavy atom. The standard InChI is InChI=1S/C17H18O5S2/c1-23(18,19)15-8-9-16(17(11-15)24(2,20)21)22-14-7-6-12-4-3-5-13(12)10-14/h6-11H,3-5H2,1-2H3. The van der Waals surface area contributed by atoms with E-state index in [1.807, 2.05) is 12.1 Å². The molecule has 0 saturated carbocycles. The third kappa shape index (κ3) is 3.47. The minimum atomic E-state index is -3.64. The second kappa shape index (κ2) is 5.89. The molecule has 0 atom stereocenters. The second-order valence-electron chi connectivity index (χ2n) is 6.04. The van der Waals surface area contributed by atoms with Crippen LogP contribution >= 0.6 is 0 Å². The van der Waals surface area contributed by atoms with Crippen molar-refractivity contribution in [3.05, 3.63) is 47.5 Å². The quantitative estimate of drug-likeness (QED) is 0.831. The van der Waals surface area contributed by atoms with Gasteiger partial charge in [-0.2, -0.15) is 0 Å². The van der Waals surface area contributed by atoms with Gasteiger partial charge in [0.15, 0.2) is 19.7 Å². The van der Waals surface area contributed by atoms with Crippen LogP contribution in [0.25, 0.3) is 0 Å². The van der Waals surface area contributed by atoms with Crippen LogP contribution in [0.15, 0.2) is 46.2 Å². The van der Waals surface area contributed by atoms with Crippen LogP contribution in [0.4, 0.5) is 0 Å². The highest BCUT2D eigenvalue weighted by Gasteiger charge is 2.20. The van der Waals surface area contributed by atoms with E-state index in [0.717, 1.165) is 37.8 Å². The van der Waals surface area contributed by atoms with Crippen LogP contribution in [0.3, 0.4) is 0 Å². The first kappa shape index (κ1) is 17.0. The Kier molecular flexibility index (Phi) is 4.17. The molecule has 0 bridgehead atoms. The van der Waals surface area contributed by atoms with Crippen molar-refractivity contribution in [2.24, 2.45) is 0 Å². The summed E-state index contributed by atoms with van der Waals surface area (Å²) in [6.45, 7) is 0. The molecule has 3 rings (SSSR count). The van der Waals surface area contributed by atoms with Crippen molar-refractivity contribution in [3.8, 4) is 11.5 Å². The maximum atomic E-state index is 12.0. The number of benzene rings is 2. The minimum absolute atomic E-state index is 0.0516. The van der Waals surface area contributed by atoms with E-state index in [1.165, 1.54) is 23.3 Å². The summed E-state index contributed by atoms with van der Waals surface area (Å²) in [5.74, 6) is 0.676. The molecule has 5 nitrogen and oxygen atoms in total. The molecule has 0 aromatic heterocycles. The van der Waals surface area contributed by atoms with Crippen molar-refractivity contribution in [3.63, 3.8) is 0 Å².